The van der Waals surface area contributed by atoms with Crippen LogP contribution in [0.1, 0.15) is 18.1 Å². The van der Waals surface area contributed by atoms with Crippen LogP contribution in [0.4, 0.5) is 0 Å². The van der Waals surface area contributed by atoms with Crippen LogP contribution in [0.5, 0.6) is 0 Å². The molecule has 1 radical (unpaired) electrons. The minimum atomic E-state index is -0.383. The number of benzene rings is 2. The van der Waals surface area contributed by atoms with Crippen molar-refractivity contribution in [3.8, 4) is 0 Å². The lowest BCUT2D eigenvalue weighted by Crippen LogP contribution is -2.05. The summed E-state index contributed by atoms with van der Waals surface area (Å²) in [6.45, 7) is 7.11. The summed E-state index contributed by atoms with van der Waals surface area (Å²) in [6.07, 6.45) is 1.16. The van der Waals surface area contributed by atoms with Gasteiger partial charge in [0.1, 0.15) is 0 Å². The zero-order chi connectivity index (χ0) is 12.0. The zero-order valence-corrected chi connectivity index (χ0v) is 11.7. The molecule has 1 heteroatoms. The van der Waals surface area contributed by atoms with Gasteiger partial charge >= 0.3 is 0 Å². The molecule has 0 atom stereocenters. The van der Waals surface area contributed by atoms with E-state index < -0.39 is 0 Å². The van der Waals surface area contributed by atoms with E-state index in [1.165, 1.54) is 16.3 Å². The van der Waals surface area contributed by atoms with Crippen molar-refractivity contribution in [2.45, 2.75) is 26.4 Å². The summed E-state index contributed by atoms with van der Waals surface area (Å²) in [4.78, 5) is 0. The van der Waals surface area contributed by atoms with Crippen LogP contribution in [-0.4, -0.2) is 8.80 Å². The van der Waals surface area contributed by atoms with Crippen molar-refractivity contribution in [3.63, 3.8) is 0 Å². The van der Waals surface area contributed by atoms with Gasteiger partial charge in [-0.1, -0.05) is 60.3 Å². The van der Waals surface area contributed by atoms with Gasteiger partial charge in [-0.25, -0.2) is 0 Å². The molecule has 0 saturated heterocycles. The third kappa shape index (κ3) is 1.57. The Bertz CT molecular complexity index is 620. The van der Waals surface area contributed by atoms with Crippen LogP contribution in [0.3, 0.4) is 0 Å². The molecule has 85 valence electrons. The Balaban J connectivity index is 2.37. The SMILES string of the molecule is CC1=C([Si](C)C)c2c(ccc3ccccc23)C1. The average molecular weight is 237 g/mol. The molecule has 0 nitrogen and oxygen atoms in total. The number of hydrogen-bond donors (Lipinski definition) is 0. The molecule has 0 aliphatic heterocycles. The maximum Gasteiger partial charge on any atom is 0.0799 e. The minimum Gasteiger partial charge on any atom is -0.0693 e. The molecule has 1 aliphatic rings. The summed E-state index contributed by atoms with van der Waals surface area (Å²) in [7, 11) is -0.383. The summed E-state index contributed by atoms with van der Waals surface area (Å²) in [5, 5.41) is 4.49. The minimum absolute atomic E-state index is 0.383. The van der Waals surface area contributed by atoms with Crippen LogP contribution in [-0.2, 0) is 6.42 Å². The second kappa shape index (κ2) is 3.85. The Hall–Kier alpha value is -1.34. The second-order valence-electron chi connectivity index (χ2n) is 5.15. The van der Waals surface area contributed by atoms with Gasteiger partial charge in [0.25, 0.3) is 0 Å². The number of allylic oxidation sites excluding steroid dienone is 1. The first-order valence-corrected chi connectivity index (χ1v) is 8.70. The van der Waals surface area contributed by atoms with E-state index in [0.29, 0.717) is 0 Å². The van der Waals surface area contributed by atoms with Crippen molar-refractivity contribution in [2.75, 3.05) is 0 Å². The molecule has 17 heavy (non-hydrogen) atoms. The second-order valence-corrected chi connectivity index (χ2v) is 7.65. The Kier molecular flexibility index (Phi) is 2.44. The molecule has 0 aromatic heterocycles. The summed E-state index contributed by atoms with van der Waals surface area (Å²) in [5.74, 6) is 0. The number of fused-ring (bicyclic) bond motifs is 3. The van der Waals surface area contributed by atoms with Crippen molar-refractivity contribution in [3.05, 3.63) is 53.1 Å². The molecule has 1 aliphatic carbocycles. The van der Waals surface area contributed by atoms with E-state index in [1.54, 1.807) is 16.3 Å². The third-order valence-electron chi connectivity index (χ3n) is 3.65. The molecule has 0 N–H and O–H groups in total. The highest BCUT2D eigenvalue weighted by molar-refractivity contribution is 6.77. The average Bonchev–Trinajstić information content (AvgIpc) is 2.65. The predicted molar refractivity (Wildman–Crippen MR) is 77.7 cm³/mol. The van der Waals surface area contributed by atoms with E-state index in [-0.39, 0.29) is 8.80 Å². The van der Waals surface area contributed by atoms with Gasteiger partial charge in [-0.3, -0.25) is 0 Å². The molecular formula is C16H17Si. The van der Waals surface area contributed by atoms with Crippen LogP contribution in [0, 0.1) is 0 Å². The molecule has 2 aromatic carbocycles. The summed E-state index contributed by atoms with van der Waals surface area (Å²) >= 11 is 0. The van der Waals surface area contributed by atoms with E-state index in [1.807, 2.05) is 0 Å². The van der Waals surface area contributed by atoms with Gasteiger partial charge in [0.15, 0.2) is 0 Å². The molecular weight excluding hydrogens is 220 g/mol. The Labute approximate surface area is 105 Å². The molecule has 0 amide bonds. The van der Waals surface area contributed by atoms with Gasteiger partial charge in [0.2, 0.25) is 0 Å². The van der Waals surface area contributed by atoms with Crippen LogP contribution in [0.15, 0.2) is 42.0 Å². The standard InChI is InChI=1S/C16H17Si/c1-11-10-13-9-8-12-6-4-5-7-14(12)15(13)16(11)17(2)3/h4-9H,10H2,1-3H3. The Morgan fingerprint density at radius 2 is 1.76 bits per heavy atom. The number of rotatable bonds is 1. The van der Waals surface area contributed by atoms with Crippen LogP contribution in [0.25, 0.3) is 16.0 Å². The van der Waals surface area contributed by atoms with E-state index in [9.17, 15) is 0 Å². The lowest BCUT2D eigenvalue weighted by Gasteiger charge is -2.12. The predicted octanol–water partition coefficient (Wildman–Crippen LogP) is 4.46. The molecule has 2 aromatic rings. The van der Waals surface area contributed by atoms with E-state index in [0.717, 1.165) is 6.42 Å². The van der Waals surface area contributed by atoms with Gasteiger partial charge in [-0.15, -0.1) is 0 Å². The largest absolute Gasteiger partial charge is 0.0799 e. The Morgan fingerprint density at radius 1 is 1.00 bits per heavy atom. The zero-order valence-electron chi connectivity index (χ0n) is 10.7. The van der Waals surface area contributed by atoms with Gasteiger partial charge in [-0.2, -0.15) is 0 Å². The van der Waals surface area contributed by atoms with E-state index in [2.05, 4.69) is 56.4 Å². The van der Waals surface area contributed by atoms with E-state index >= 15 is 0 Å². The molecule has 0 unspecified atom stereocenters. The highest BCUT2D eigenvalue weighted by atomic mass is 28.3. The van der Waals surface area contributed by atoms with Gasteiger partial charge in [0, 0.05) is 0 Å². The monoisotopic (exact) mass is 237 g/mol. The molecule has 0 fully saturated rings. The first kappa shape index (κ1) is 10.8. The quantitative estimate of drug-likeness (QED) is 0.642. The third-order valence-corrected chi connectivity index (χ3v) is 5.32. The first-order chi connectivity index (χ1) is 8.18. The lowest BCUT2D eigenvalue weighted by molar-refractivity contribution is 1.20. The molecule has 0 bridgehead atoms. The van der Waals surface area contributed by atoms with Crippen LogP contribution in [0.2, 0.25) is 13.1 Å². The van der Waals surface area contributed by atoms with Gasteiger partial charge in [-0.05, 0) is 35.2 Å². The first-order valence-electron chi connectivity index (χ1n) is 6.20. The van der Waals surface area contributed by atoms with Crippen molar-refractivity contribution in [1.29, 1.82) is 0 Å². The normalized spacial score (nSPS) is 14.8. The highest BCUT2D eigenvalue weighted by Gasteiger charge is 2.23. The fourth-order valence-corrected chi connectivity index (χ4v) is 4.76. The molecule has 0 saturated carbocycles. The molecule has 0 heterocycles. The number of hydrogen-bond acceptors (Lipinski definition) is 0. The summed E-state index contributed by atoms with van der Waals surface area (Å²) in [6, 6.07) is 13.4. The Morgan fingerprint density at radius 3 is 2.53 bits per heavy atom. The maximum atomic E-state index is 2.40. The van der Waals surface area contributed by atoms with Crippen LogP contribution < -0.4 is 0 Å². The molecule has 3 rings (SSSR count). The smallest absolute Gasteiger partial charge is 0.0693 e. The van der Waals surface area contributed by atoms with Crippen molar-refractivity contribution >= 4 is 24.8 Å². The van der Waals surface area contributed by atoms with Crippen molar-refractivity contribution in [1.82, 2.24) is 0 Å². The molecule has 0 spiro atoms. The van der Waals surface area contributed by atoms with Crippen LogP contribution >= 0.6 is 0 Å². The summed E-state index contributed by atoms with van der Waals surface area (Å²) < 4.78 is 0. The van der Waals surface area contributed by atoms with Crippen molar-refractivity contribution < 1.29 is 0 Å². The topological polar surface area (TPSA) is 0 Å². The fraction of sp³-hybridized carbons (Fsp3) is 0.250. The lowest BCUT2D eigenvalue weighted by atomic mass is 10.0. The van der Waals surface area contributed by atoms with Gasteiger partial charge < -0.3 is 0 Å². The fourth-order valence-electron chi connectivity index (χ4n) is 3.02. The summed E-state index contributed by atoms with van der Waals surface area (Å²) in [5.41, 5.74) is 4.68. The van der Waals surface area contributed by atoms with E-state index in [4.69, 9.17) is 0 Å². The maximum absolute atomic E-state index is 2.40. The highest BCUT2D eigenvalue weighted by Crippen LogP contribution is 2.38. The van der Waals surface area contributed by atoms with Crippen molar-refractivity contribution in [2.24, 2.45) is 0 Å². The van der Waals surface area contributed by atoms with Gasteiger partial charge in [0.05, 0.1) is 8.80 Å².